The zero-order valence-electron chi connectivity index (χ0n) is 13.0. The van der Waals surface area contributed by atoms with Gasteiger partial charge in [-0.2, -0.15) is 0 Å². The number of ether oxygens (including phenoxy) is 1. The van der Waals surface area contributed by atoms with Crippen LogP contribution in [-0.2, 0) is 0 Å². The highest BCUT2D eigenvalue weighted by Crippen LogP contribution is 2.32. The van der Waals surface area contributed by atoms with E-state index in [1.54, 1.807) is 0 Å². The van der Waals surface area contributed by atoms with Crippen molar-refractivity contribution >= 4 is 11.4 Å². The van der Waals surface area contributed by atoms with Crippen molar-refractivity contribution in [3.8, 4) is 5.75 Å². The zero-order chi connectivity index (χ0) is 15.2. The van der Waals surface area contributed by atoms with E-state index >= 15 is 0 Å². The van der Waals surface area contributed by atoms with E-state index in [2.05, 4.69) is 50.4 Å². The van der Waals surface area contributed by atoms with Gasteiger partial charge in [-0.25, -0.2) is 0 Å². The smallest absolute Gasteiger partial charge is 0.144 e. The molecule has 0 aromatic heterocycles. The molecule has 2 rings (SSSR count). The number of hydrogen-bond donors (Lipinski definition) is 2. The largest absolute Gasteiger partial charge is 0.491 e. The molecule has 0 aliphatic rings. The molecule has 3 nitrogen and oxygen atoms in total. The van der Waals surface area contributed by atoms with Crippen molar-refractivity contribution < 1.29 is 4.74 Å². The van der Waals surface area contributed by atoms with Crippen LogP contribution in [-0.4, -0.2) is 6.61 Å². The van der Waals surface area contributed by atoms with Crippen LogP contribution < -0.4 is 15.8 Å². The zero-order valence-corrected chi connectivity index (χ0v) is 13.0. The molecule has 2 aromatic rings. The molecule has 0 heterocycles. The van der Waals surface area contributed by atoms with Crippen LogP contribution in [0.2, 0.25) is 0 Å². The monoisotopic (exact) mass is 284 g/mol. The van der Waals surface area contributed by atoms with Gasteiger partial charge < -0.3 is 15.8 Å². The Balaban J connectivity index is 2.13. The molecule has 0 fully saturated rings. The van der Waals surface area contributed by atoms with Gasteiger partial charge >= 0.3 is 0 Å². The minimum absolute atomic E-state index is 0.189. The summed E-state index contributed by atoms with van der Waals surface area (Å²) in [7, 11) is 0. The molecule has 3 N–H and O–H groups in total. The Kier molecular flexibility index (Phi) is 5.09. The highest BCUT2D eigenvalue weighted by molar-refractivity contribution is 5.73. The van der Waals surface area contributed by atoms with Crippen molar-refractivity contribution in [2.24, 2.45) is 0 Å². The van der Waals surface area contributed by atoms with E-state index < -0.39 is 0 Å². The molecular formula is C18H24N2O. The number of hydrogen-bond acceptors (Lipinski definition) is 3. The predicted molar refractivity (Wildman–Crippen MR) is 89.9 cm³/mol. The summed E-state index contributed by atoms with van der Waals surface area (Å²) in [4.78, 5) is 0. The van der Waals surface area contributed by atoms with E-state index in [0.717, 1.165) is 17.9 Å². The number of nitrogens with one attached hydrogen (secondary N) is 1. The second kappa shape index (κ2) is 7.02. The molecule has 1 atom stereocenters. The van der Waals surface area contributed by atoms with Crippen molar-refractivity contribution in [1.29, 1.82) is 0 Å². The highest BCUT2D eigenvalue weighted by atomic mass is 16.5. The maximum atomic E-state index is 6.19. The molecule has 1 unspecified atom stereocenters. The van der Waals surface area contributed by atoms with Gasteiger partial charge in [0.1, 0.15) is 5.75 Å². The fourth-order valence-corrected chi connectivity index (χ4v) is 2.18. The summed E-state index contributed by atoms with van der Waals surface area (Å²) >= 11 is 0. The molecule has 3 heteroatoms. The van der Waals surface area contributed by atoms with E-state index in [4.69, 9.17) is 10.5 Å². The van der Waals surface area contributed by atoms with Gasteiger partial charge in [0.05, 0.1) is 18.0 Å². The summed E-state index contributed by atoms with van der Waals surface area (Å²) < 4.78 is 5.66. The van der Waals surface area contributed by atoms with Crippen molar-refractivity contribution in [1.82, 2.24) is 0 Å². The topological polar surface area (TPSA) is 47.3 Å². The molecule has 0 saturated carbocycles. The number of rotatable bonds is 6. The van der Waals surface area contributed by atoms with Gasteiger partial charge in [-0.05, 0) is 38.0 Å². The van der Waals surface area contributed by atoms with Crippen LogP contribution in [0.3, 0.4) is 0 Å². The lowest BCUT2D eigenvalue weighted by atomic mass is 10.1. The maximum Gasteiger partial charge on any atom is 0.144 e. The lowest BCUT2D eigenvalue weighted by molar-refractivity contribution is 0.319. The first-order valence-corrected chi connectivity index (χ1v) is 7.46. The van der Waals surface area contributed by atoms with Gasteiger partial charge in [0, 0.05) is 6.04 Å². The maximum absolute atomic E-state index is 6.19. The number of para-hydroxylation sites is 1. The van der Waals surface area contributed by atoms with Crippen LogP contribution in [0.4, 0.5) is 11.4 Å². The molecule has 21 heavy (non-hydrogen) atoms. The van der Waals surface area contributed by atoms with Crippen LogP contribution in [0, 0.1) is 6.92 Å². The average Bonchev–Trinajstić information content (AvgIpc) is 2.49. The van der Waals surface area contributed by atoms with Crippen LogP contribution in [0.15, 0.2) is 42.5 Å². The number of nitrogens with two attached hydrogens (primary N) is 1. The van der Waals surface area contributed by atoms with Gasteiger partial charge in [-0.3, -0.25) is 0 Å². The van der Waals surface area contributed by atoms with E-state index in [1.807, 2.05) is 18.2 Å². The summed E-state index contributed by atoms with van der Waals surface area (Å²) in [6.45, 7) is 6.98. The van der Waals surface area contributed by atoms with Crippen LogP contribution in [0.5, 0.6) is 5.75 Å². The Morgan fingerprint density at radius 1 is 1.14 bits per heavy atom. The highest BCUT2D eigenvalue weighted by Gasteiger charge is 2.10. The van der Waals surface area contributed by atoms with Crippen molar-refractivity contribution in [2.45, 2.75) is 33.2 Å². The first kappa shape index (κ1) is 15.2. The number of aryl methyl sites for hydroxylation is 1. The minimum Gasteiger partial charge on any atom is -0.491 e. The normalized spacial score (nSPS) is 12.0. The van der Waals surface area contributed by atoms with Crippen molar-refractivity contribution in [3.63, 3.8) is 0 Å². The van der Waals surface area contributed by atoms with Crippen molar-refractivity contribution in [2.75, 3.05) is 17.7 Å². The van der Waals surface area contributed by atoms with Crippen LogP contribution >= 0.6 is 0 Å². The van der Waals surface area contributed by atoms with Crippen molar-refractivity contribution in [3.05, 3.63) is 53.6 Å². The fourth-order valence-electron chi connectivity index (χ4n) is 2.18. The summed E-state index contributed by atoms with van der Waals surface area (Å²) in [5, 5.41) is 3.46. The fraction of sp³-hybridized carbons (Fsp3) is 0.333. The van der Waals surface area contributed by atoms with Gasteiger partial charge in [0.25, 0.3) is 0 Å². The molecule has 0 saturated heterocycles. The molecule has 0 bridgehead atoms. The third-order valence-corrected chi connectivity index (χ3v) is 3.48. The lowest BCUT2D eigenvalue weighted by Crippen LogP contribution is -2.09. The Bertz CT molecular complexity index is 578. The van der Waals surface area contributed by atoms with Gasteiger partial charge in [0.2, 0.25) is 0 Å². The second-order valence-corrected chi connectivity index (χ2v) is 5.34. The Labute approximate surface area is 127 Å². The first-order chi connectivity index (χ1) is 10.1. The minimum atomic E-state index is 0.189. The third kappa shape index (κ3) is 3.91. The van der Waals surface area contributed by atoms with E-state index in [9.17, 15) is 0 Å². The van der Waals surface area contributed by atoms with E-state index in [0.29, 0.717) is 12.3 Å². The predicted octanol–water partition coefficient (Wildman–Crippen LogP) is 4.54. The van der Waals surface area contributed by atoms with E-state index in [-0.39, 0.29) is 6.04 Å². The third-order valence-electron chi connectivity index (χ3n) is 3.48. The number of benzene rings is 2. The van der Waals surface area contributed by atoms with Crippen LogP contribution in [0.25, 0.3) is 0 Å². The van der Waals surface area contributed by atoms with Gasteiger partial charge in [0.15, 0.2) is 0 Å². The number of nitrogen functional groups attached to an aromatic ring is 1. The average molecular weight is 284 g/mol. The molecular weight excluding hydrogens is 260 g/mol. The molecule has 0 aliphatic heterocycles. The molecule has 112 valence electrons. The molecule has 0 spiro atoms. The molecule has 2 aromatic carbocycles. The SMILES string of the molecule is CCCOc1cccc(NC(C)c2ccc(C)cc2)c1N. The summed E-state index contributed by atoms with van der Waals surface area (Å²) in [5.41, 5.74) is 10.3. The Morgan fingerprint density at radius 3 is 2.52 bits per heavy atom. The van der Waals surface area contributed by atoms with Gasteiger partial charge in [-0.1, -0.05) is 42.8 Å². The number of anilines is 2. The summed E-state index contributed by atoms with van der Waals surface area (Å²) in [6.07, 6.45) is 0.969. The molecule has 0 amide bonds. The quantitative estimate of drug-likeness (QED) is 0.766. The summed E-state index contributed by atoms with van der Waals surface area (Å²) in [6, 6.07) is 14.6. The lowest BCUT2D eigenvalue weighted by Gasteiger charge is -2.19. The summed E-state index contributed by atoms with van der Waals surface area (Å²) in [5.74, 6) is 0.748. The van der Waals surface area contributed by atoms with Crippen LogP contribution in [0.1, 0.15) is 37.4 Å². The Morgan fingerprint density at radius 2 is 1.86 bits per heavy atom. The Hall–Kier alpha value is -2.16. The van der Waals surface area contributed by atoms with Gasteiger partial charge in [-0.15, -0.1) is 0 Å². The molecule has 0 aliphatic carbocycles. The first-order valence-electron chi connectivity index (χ1n) is 7.46. The standard InChI is InChI=1S/C18H24N2O/c1-4-12-21-17-7-5-6-16(18(17)19)20-14(3)15-10-8-13(2)9-11-15/h5-11,14,20H,4,12,19H2,1-3H3. The molecule has 0 radical (unpaired) electrons. The second-order valence-electron chi connectivity index (χ2n) is 5.34. The van der Waals surface area contributed by atoms with E-state index in [1.165, 1.54) is 11.1 Å².